The number of carbonyl (C=O) groups is 1. The highest BCUT2D eigenvalue weighted by Crippen LogP contribution is 2.30. The van der Waals surface area contributed by atoms with Gasteiger partial charge in [-0.2, -0.15) is 0 Å². The number of tetrazole rings is 1. The van der Waals surface area contributed by atoms with Gasteiger partial charge in [0.25, 0.3) is 0 Å². The fourth-order valence-electron chi connectivity index (χ4n) is 2.51. The summed E-state index contributed by atoms with van der Waals surface area (Å²) in [5.41, 5.74) is 1.62. The van der Waals surface area contributed by atoms with E-state index in [1.807, 2.05) is 0 Å². The topological polar surface area (TPSA) is 110 Å². The number of nitrogens with one attached hydrogen (secondary N) is 1. The highest BCUT2D eigenvalue weighted by Gasteiger charge is 2.24. The minimum absolute atomic E-state index is 0.00247. The van der Waals surface area contributed by atoms with E-state index in [0.29, 0.717) is 18.8 Å². The van der Waals surface area contributed by atoms with Gasteiger partial charge in [0.1, 0.15) is 0 Å². The smallest absolute Gasteiger partial charge is 0.240 e. The summed E-state index contributed by atoms with van der Waals surface area (Å²) in [5, 5.41) is 10.8. The first-order chi connectivity index (χ1) is 10.9. The molecule has 1 amide bonds. The molecule has 1 aliphatic rings. The minimum Gasteiger partial charge on any atom is -0.312 e. The molecule has 122 valence electrons. The SMILES string of the molecule is CC(=O)N1CCc2cc(S(=O)(=O)NCc3nnnn3C)ccc21. The van der Waals surface area contributed by atoms with E-state index in [2.05, 4.69) is 20.2 Å². The number of anilines is 1. The van der Waals surface area contributed by atoms with Crippen LogP contribution in [0.4, 0.5) is 5.69 Å². The van der Waals surface area contributed by atoms with Gasteiger partial charge in [-0.15, -0.1) is 5.10 Å². The molecule has 0 spiro atoms. The fourth-order valence-corrected chi connectivity index (χ4v) is 3.54. The molecule has 0 radical (unpaired) electrons. The first-order valence-corrected chi connectivity index (χ1v) is 8.49. The summed E-state index contributed by atoms with van der Waals surface area (Å²) in [6.07, 6.45) is 0.644. The van der Waals surface area contributed by atoms with Crippen molar-refractivity contribution in [3.8, 4) is 0 Å². The highest BCUT2D eigenvalue weighted by atomic mass is 32.2. The van der Waals surface area contributed by atoms with Crippen molar-refractivity contribution >= 4 is 21.6 Å². The first-order valence-electron chi connectivity index (χ1n) is 7.00. The van der Waals surface area contributed by atoms with Crippen molar-refractivity contribution in [1.82, 2.24) is 24.9 Å². The van der Waals surface area contributed by atoms with Gasteiger partial charge < -0.3 is 4.90 Å². The molecule has 1 N–H and O–H groups in total. The molecule has 0 fully saturated rings. The third kappa shape index (κ3) is 2.94. The second kappa shape index (κ2) is 5.70. The van der Waals surface area contributed by atoms with Crippen LogP contribution >= 0.6 is 0 Å². The van der Waals surface area contributed by atoms with Crippen LogP contribution < -0.4 is 9.62 Å². The summed E-state index contributed by atoms with van der Waals surface area (Å²) >= 11 is 0. The van der Waals surface area contributed by atoms with Crippen LogP contribution in [-0.2, 0) is 34.8 Å². The summed E-state index contributed by atoms with van der Waals surface area (Å²) < 4.78 is 28.6. The van der Waals surface area contributed by atoms with Crippen LogP contribution in [0.1, 0.15) is 18.3 Å². The molecule has 1 aromatic carbocycles. The van der Waals surface area contributed by atoms with Crippen LogP contribution in [0.3, 0.4) is 0 Å². The molecule has 0 bridgehead atoms. The minimum atomic E-state index is -3.67. The maximum Gasteiger partial charge on any atom is 0.240 e. The third-order valence-corrected chi connectivity index (χ3v) is 5.16. The molecule has 10 heteroatoms. The summed E-state index contributed by atoms with van der Waals surface area (Å²) in [6.45, 7) is 2.07. The summed E-state index contributed by atoms with van der Waals surface area (Å²) in [7, 11) is -2.04. The van der Waals surface area contributed by atoms with Crippen LogP contribution in [0.25, 0.3) is 0 Å². The van der Waals surface area contributed by atoms with E-state index in [1.165, 1.54) is 17.7 Å². The number of amides is 1. The third-order valence-electron chi connectivity index (χ3n) is 3.77. The van der Waals surface area contributed by atoms with E-state index in [0.717, 1.165) is 11.3 Å². The molecular weight excluding hydrogens is 320 g/mol. The van der Waals surface area contributed by atoms with Gasteiger partial charge in [0.2, 0.25) is 15.9 Å². The molecule has 0 unspecified atom stereocenters. The van der Waals surface area contributed by atoms with Crippen molar-refractivity contribution in [2.75, 3.05) is 11.4 Å². The summed E-state index contributed by atoms with van der Waals surface area (Å²) in [5.74, 6) is 0.366. The zero-order chi connectivity index (χ0) is 16.6. The van der Waals surface area contributed by atoms with Crippen molar-refractivity contribution in [3.63, 3.8) is 0 Å². The largest absolute Gasteiger partial charge is 0.312 e. The molecule has 2 heterocycles. The number of aromatic nitrogens is 4. The lowest BCUT2D eigenvalue weighted by Crippen LogP contribution is -2.26. The predicted molar refractivity (Wildman–Crippen MR) is 81.0 cm³/mol. The molecule has 0 saturated heterocycles. The Morgan fingerprint density at radius 2 is 2.17 bits per heavy atom. The second-order valence-electron chi connectivity index (χ2n) is 5.25. The average molecular weight is 336 g/mol. The van der Waals surface area contributed by atoms with Gasteiger partial charge in [0, 0.05) is 26.2 Å². The van der Waals surface area contributed by atoms with Crippen LogP contribution in [0, 0.1) is 0 Å². The maximum absolute atomic E-state index is 12.4. The summed E-state index contributed by atoms with van der Waals surface area (Å²) in [4.78, 5) is 13.3. The molecule has 23 heavy (non-hydrogen) atoms. The molecular formula is C13H16N6O3S. The maximum atomic E-state index is 12.4. The van der Waals surface area contributed by atoms with Crippen LogP contribution in [-0.4, -0.2) is 41.1 Å². The van der Waals surface area contributed by atoms with Gasteiger partial charge in [-0.25, -0.2) is 17.8 Å². The predicted octanol–water partition coefficient (Wildman–Crippen LogP) is -0.402. The lowest BCUT2D eigenvalue weighted by atomic mass is 10.2. The Hall–Kier alpha value is -2.33. The number of benzene rings is 1. The Bertz CT molecular complexity index is 860. The Balaban J connectivity index is 1.81. The van der Waals surface area contributed by atoms with Crippen molar-refractivity contribution in [2.24, 2.45) is 7.05 Å². The Morgan fingerprint density at radius 1 is 1.39 bits per heavy atom. The van der Waals surface area contributed by atoms with E-state index in [9.17, 15) is 13.2 Å². The number of rotatable bonds is 4. The van der Waals surface area contributed by atoms with E-state index >= 15 is 0 Å². The van der Waals surface area contributed by atoms with Gasteiger partial charge >= 0.3 is 0 Å². The molecule has 1 aliphatic heterocycles. The van der Waals surface area contributed by atoms with Crippen molar-refractivity contribution in [1.29, 1.82) is 0 Å². The van der Waals surface area contributed by atoms with Crippen LogP contribution in [0.15, 0.2) is 23.1 Å². The second-order valence-corrected chi connectivity index (χ2v) is 7.02. The number of aryl methyl sites for hydroxylation is 1. The standard InChI is InChI=1S/C13H16N6O3S/c1-9(20)19-6-5-10-7-11(3-4-12(10)19)23(21,22)14-8-13-15-16-17-18(13)2/h3-4,7,14H,5-6,8H2,1-2H3. The lowest BCUT2D eigenvalue weighted by molar-refractivity contribution is -0.116. The van der Waals surface area contributed by atoms with E-state index in [-0.39, 0.29) is 17.3 Å². The van der Waals surface area contributed by atoms with E-state index < -0.39 is 10.0 Å². The molecule has 1 aromatic heterocycles. The molecule has 2 aromatic rings. The number of sulfonamides is 1. The monoisotopic (exact) mass is 336 g/mol. The Kier molecular flexibility index (Phi) is 3.86. The quantitative estimate of drug-likeness (QED) is 0.813. The van der Waals surface area contributed by atoms with Crippen LogP contribution in [0.2, 0.25) is 0 Å². The lowest BCUT2D eigenvalue weighted by Gasteiger charge is -2.15. The Morgan fingerprint density at radius 3 is 2.83 bits per heavy atom. The van der Waals surface area contributed by atoms with Gasteiger partial charge in [0.05, 0.1) is 11.4 Å². The number of hydrogen-bond donors (Lipinski definition) is 1. The van der Waals surface area contributed by atoms with Crippen molar-refractivity contribution < 1.29 is 13.2 Å². The Labute approximate surface area is 133 Å². The van der Waals surface area contributed by atoms with E-state index in [4.69, 9.17) is 0 Å². The molecule has 3 rings (SSSR count). The summed E-state index contributed by atoms with van der Waals surface area (Å²) in [6, 6.07) is 4.77. The average Bonchev–Trinajstić information content (AvgIpc) is 3.10. The van der Waals surface area contributed by atoms with Gasteiger partial charge in [-0.05, 0) is 40.6 Å². The van der Waals surface area contributed by atoms with Gasteiger partial charge in [-0.3, -0.25) is 4.79 Å². The molecule has 0 aliphatic carbocycles. The van der Waals surface area contributed by atoms with Gasteiger partial charge in [-0.1, -0.05) is 0 Å². The number of hydrogen-bond acceptors (Lipinski definition) is 6. The first kappa shape index (κ1) is 15.6. The zero-order valence-electron chi connectivity index (χ0n) is 12.7. The normalized spacial score (nSPS) is 14.1. The van der Waals surface area contributed by atoms with E-state index in [1.54, 1.807) is 24.1 Å². The van der Waals surface area contributed by atoms with Crippen molar-refractivity contribution in [2.45, 2.75) is 24.8 Å². The van der Waals surface area contributed by atoms with Crippen LogP contribution in [0.5, 0.6) is 0 Å². The number of nitrogens with zero attached hydrogens (tertiary/aromatic N) is 5. The fraction of sp³-hybridized carbons (Fsp3) is 0.385. The number of carbonyl (C=O) groups excluding carboxylic acids is 1. The van der Waals surface area contributed by atoms with Gasteiger partial charge in [0.15, 0.2) is 5.82 Å². The van der Waals surface area contributed by atoms with Crippen molar-refractivity contribution in [3.05, 3.63) is 29.6 Å². The molecule has 9 nitrogen and oxygen atoms in total. The molecule has 0 atom stereocenters. The highest BCUT2D eigenvalue weighted by molar-refractivity contribution is 7.89. The number of fused-ring (bicyclic) bond motifs is 1. The zero-order valence-corrected chi connectivity index (χ0v) is 13.5. The molecule has 0 saturated carbocycles.